The van der Waals surface area contributed by atoms with Crippen LogP contribution in [0.5, 0.6) is 0 Å². The standard InChI is InChI=1S/C33H32NOSi/c1-21-16-17-28-27(18-21)31(36(5,6)24-12-8-7-9-13-24)20-29(34(28)4)32-23(3)22(2)19-26-25-14-10-11-15-30(25)35-33(26)32/h7-20H,1-6H3/q+1. The van der Waals surface area contributed by atoms with Gasteiger partial charge in [-0.15, -0.1) is 0 Å². The molecule has 2 aromatic heterocycles. The number of fused-ring (bicyclic) bond motifs is 4. The Bertz CT molecular complexity index is 1790. The molecule has 2 heterocycles. The van der Waals surface area contributed by atoms with Gasteiger partial charge in [-0.1, -0.05) is 78.4 Å². The van der Waals surface area contributed by atoms with Crippen molar-refractivity contribution in [3.05, 3.63) is 102 Å². The van der Waals surface area contributed by atoms with E-state index in [4.69, 9.17) is 4.42 Å². The van der Waals surface area contributed by atoms with E-state index in [1.54, 1.807) is 0 Å². The van der Waals surface area contributed by atoms with Crippen molar-refractivity contribution in [3.63, 3.8) is 0 Å². The molecule has 0 radical (unpaired) electrons. The average Bonchev–Trinajstić information content (AvgIpc) is 3.24. The van der Waals surface area contributed by atoms with Crippen molar-refractivity contribution < 1.29 is 8.98 Å². The molecule has 0 aliphatic carbocycles. The second kappa shape index (κ2) is 8.18. The number of pyridine rings is 1. The second-order valence-electron chi connectivity index (χ2n) is 10.7. The molecule has 2 nitrogen and oxygen atoms in total. The molecule has 0 aliphatic rings. The highest BCUT2D eigenvalue weighted by Crippen LogP contribution is 2.38. The first-order chi connectivity index (χ1) is 17.3. The van der Waals surface area contributed by atoms with Crippen LogP contribution in [0.3, 0.4) is 0 Å². The molecular weight excluding hydrogens is 454 g/mol. The molecule has 0 saturated heterocycles. The van der Waals surface area contributed by atoms with Crippen molar-refractivity contribution in [2.24, 2.45) is 7.05 Å². The normalized spacial score (nSPS) is 12.2. The molecule has 0 saturated carbocycles. The smallest absolute Gasteiger partial charge is 0.216 e. The van der Waals surface area contributed by atoms with E-state index in [0.717, 1.165) is 11.2 Å². The molecule has 6 rings (SSSR count). The first-order valence-electron chi connectivity index (χ1n) is 12.7. The topological polar surface area (TPSA) is 17.0 Å². The minimum Gasteiger partial charge on any atom is -0.455 e. The molecule has 0 fully saturated rings. The number of furan rings is 1. The molecular formula is C33H32NOSi+. The number of benzene rings is 4. The van der Waals surface area contributed by atoms with Crippen LogP contribution < -0.4 is 14.9 Å². The van der Waals surface area contributed by atoms with Crippen molar-refractivity contribution in [2.45, 2.75) is 33.9 Å². The van der Waals surface area contributed by atoms with Crippen LogP contribution in [0.15, 0.2) is 89.3 Å². The van der Waals surface area contributed by atoms with E-state index in [1.807, 2.05) is 0 Å². The van der Waals surface area contributed by atoms with Gasteiger partial charge in [0.25, 0.3) is 0 Å². The molecule has 4 aromatic carbocycles. The van der Waals surface area contributed by atoms with E-state index < -0.39 is 8.07 Å². The number of rotatable bonds is 3. The molecule has 0 aliphatic heterocycles. The SMILES string of the molecule is Cc1ccc2c(c1)c([Si](C)(C)c1ccccc1)cc(-c1c(C)c(C)cc3c1oc1ccccc13)[n+]2C. The third-order valence-electron chi connectivity index (χ3n) is 8.06. The third kappa shape index (κ3) is 3.34. The van der Waals surface area contributed by atoms with Crippen LogP contribution >= 0.6 is 0 Å². The first-order valence-corrected chi connectivity index (χ1v) is 15.7. The molecule has 0 atom stereocenters. The molecule has 0 unspecified atom stereocenters. The van der Waals surface area contributed by atoms with Crippen molar-refractivity contribution in [1.82, 2.24) is 0 Å². The quantitative estimate of drug-likeness (QED) is 0.195. The first kappa shape index (κ1) is 22.8. The molecule has 6 aromatic rings. The lowest BCUT2D eigenvalue weighted by Gasteiger charge is -2.25. The van der Waals surface area contributed by atoms with Crippen LogP contribution in [0, 0.1) is 20.8 Å². The summed E-state index contributed by atoms with van der Waals surface area (Å²) >= 11 is 0. The number of aromatic nitrogens is 1. The Morgan fingerprint density at radius 1 is 0.722 bits per heavy atom. The Balaban J connectivity index is 1.76. The zero-order chi connectivity index (χ0) is 25.2. The van der Waals surface area contributed by atoms with Gasteiger partial charge in [-0.05, 0) is 55.3 Å². The molecule has 0 spiro atoms. The minimum atomic E-state index is -2.00. The monoisotopic (exact) mass is 486 g/mol. The number of aryl methyl sites for hydroxylation is 3. The van der Waals surface area contributed by atoms with E-state index in [0.29, 0.717) is 0 Å². The maximum Gasteiger partial charge on any atom is 0.216 e. The summed E-state index contributed by atoms with van der Waals surface area (Å²) in [6, 6.07) is 31.1. The van der Waals surface area contributed by atoms with Gasteiger partial charge >= 0.3 is 0 Å². The number of hydrogen-bond donors (Lipinski definition) is 0. The van der Waals surface area contributed by atoms with Gasteiger partial charge in [0.05, 0.1) is 5.56 Å². The summed E-state index contributed by atoms with van der Waals surface area (Å²) in [6.45, 7) is 11.6. The Morgan fingerprint density at radius 2 is 1.44 bits per heavy atom. The fourth-order valence-corrected chi connectivity index (χ4v) is 8.47. The van der Waals surface area contributed by atoms with Crippen LogP contribution in [0.25, 0.3) is 44.1 Å². The summed E-state index contributed by atoms with van der Waals surface area (Å²) < 4.78 is 8.93. The summed E-state index contributed by atoms with van der Waals surface area (Å²) in [4.78, 5) is 0. The Morgan fingerprint density at radius 3 is 2.22 bits per heavy atom. The predicted octanol–water partition coefficient (Wildman–Crippen LogP) is 6.98. The highest BCUT2D eigenvalue weighted by atomic mass is 28.3. The zero-order valence-corrected chi connectivity index (χ0v) is 22.9. The summed E-state index contributed by atoms with van der Waals surface area (Å²) in [5, 5.41) is 6.63. The van der Waals surface area contributed by atoms with Crippen molar-refractivity contribution >= 4 is 51.3 Å². The Kier molecular flexibility index (Phi) is 5.17. The van der Waals surface area contributed by atoms with Gasteiger partial charge in [0.1, 0.15) is 26.3 Å². The molecule has 36 heavy (non-hydrogen) atoms. The predicted molar refractivity (Wildman–Crippen MR) is 155 cm³/mol. The van der Waals surface area contributed by atoms with Gasteiger partial charge in [0.2, 0.25) is 11.2 Å². The van der Waals surface area contributed by atoms with E-state index in [2.05, 4.69) is 130 Å². The van der Waals surface area contributed by atoms with E-state index >= 15 is 0 Å². The number of nitrogens with zero attached hydrogens (tertiary/aromatic N) is 1. The highest BCUT2D eigenvalue weighted by Gasteiger charge is 2.33. The lowest BCUT2D eigenvalue weighted by Crippen LogP contribution is -2.54. The largest absolute Gasteiger partial charge is 0.455 e. The fourth-order valence-electron chi connectivity index (χ4n) is 5.76. The maximum atomic E-state index is 6.57. The Labute approximate surface area is 213 Å². The molecule has 3 heteroatoms. The highest BCUT2D eigenvalue weighted by molar-refractivity contribution is 7.01. The van der Waals surface area contributed by atoms with E-state index in [1.165, 1.54) is 60.0 Å². The summed E-state index contributed by atoms with van der Waals surface area (Å²) in [7, 11) is 0.194. The van der Waals surface area contributed by atoms with Crippen molar-refractivity contribution in [3.8, 4) is 11.3 Å². The average molecular weight is 487 g/mol. The van der Waals surface area contributed by atoms with E-state index in [9.17, 15) is 0 Å². The Hall–Kier alpha value is -3.69. The number of hydrogen-bond acceptors (Lipinski definition) is 1. The van der Waals surface area contributed by atoms with Gasteiger partial charge in [0, 0.05) is 28.3 Å². The zero-order valence-electron chi connectivity index (χ0n) is 21.9. The van der Waals surface area contributed by atoms with Gasteiger partial charge < -0.3 is 4.42 Å². The van der Waals surface area contributed by atoms with Crippen LogP contribution in [-0.2, 0) is 7.05 Å². The van der Waals surface area contributed by atoms with Crippen molar-refractivity contribution in [2.75, 3.05) is 0 Å². The van der Waals surface area contributed by atoms with Gasteiger partial charge in [-0.2, -0.15) is 4.57 Å². The van der Waals surface area contributed by atoms with Crippen LogP contribution in [-0.4, -0.2) is 8.07 Å². The summed E-state index contributed by atoms with van der Waals surface area (Å²) in [6.07, 6.45) is 0. The lowest BCUT2D eigenvalue weighted by atomic mass is 9.95. The lowest BCUT2D eigenvalue weighted by molar-refractivity contribution is -0.633. The summed E-state index contributed by atoms with van der Waals surface area (Å²) in [5.41, 5.74) is 9.44. The molecule has 0 amide bonds. The van der Waals surface area contributed by atoms with Crippen LogP contribution in [0.1, 0.15) is 16.7 Å². The number of para-hydroxylation sites is 1. The molecule has 178 valence electrons. The maximum absolute atomic E-state index is 6.57. The summed E-state index contributed by atoms with van der Waals surface area (Å²) in [5.74, 6) is 0. The third-order valence-corrected chi connectivity index (χ3v) is 11.6. The second-order valence-corrected chi connectivity index (χ2v) is 15.0. The van der Waals surface area contributed by atoms with Gasteiger partial charge in [0.15, 0.2) is 0 Å². The molecule has 0 bridgehead atoms. The van der Waals surface area contributed by atoms with Gasteiger partial charge in [-0.25, -0.2) is 0 Å². The minimum absolute atomic E-state index is 0.942. The van der Waals surface area contributed by atoms with Crippen LogP contribution in [0.4, 0.5) is 0 Å². The van der Waals surface area contributed by atoms with Crippen LogP contribution in [0.2, 0.25) is 13.1 Å². The van der Waals surface area contributed by atoms with Crippen molar-refractivity contribution in [1.29, 1.82) is 0 Å². The van der Waals surface area contributed by atoms with Gasteiger partial charge in [-0.3, -0.25) is 0 Å². The fraction of sp³-hybridized carbons (Fsp3) is 0.182. The molecule has 0 N–H and O–H groups in total. The van der Waals surface area contributed by atoms with E-state index in [-0.39, 0.29) is 0 Å².